The minimum Gasteiger partial charge on any atom is -0.334 e. The number of thiazole rings is 1. The van der Waals surface area contributed by atoms with Crippen molar-refractivity contribution in [3.05, 3.63) is 51.5 Å². The van der Waals surface area contributed by atoms with Crippen LogP contribution in [0.4, 0.5) is 0 Å². The molecule has 0 aliphatic carbocycles. The van der Waals surface area contributed by atoms with E-state index in [1.807, 2.05) is 10.3 Å². The Morgan fingerprint density at radius 2 is 2.18 bits per heavy atom. The van der Waals surface area contributed by atoms with Gasteiger partial charge in [-0.05, 0) is 31.7 Å². The zero-order valence-corrected chi connectivity index (χ0v) is 13.6. The standard InChI is InChI=1S/C17H21N3OS/c1-12-4-6-13(7-5-12)9-14-3-2-8-20(14)17(21)15-11-22-16(10-18)19-15/h4-7,11,14H,2-3,8-10,18H2,1H3. The van der Waals surface area contributed by atoms with E-state index in [2.05, 4.69) is 36.2 Å². The van der Waals surface area contributed by atoms with E-state index in [-0.39, 0.29) is 11.9 Å². The van der Waals surface area contributed by atoms with E-state index in [1.165, 1.54) is 22.5 Å². The normalized spacial score (nSPS) is 17.9. The quantitative estimate of drug-likeness (QED) is 0.944. The third-order valence-corrected chi connectivity index (χ3v) is 5.05. The van der Waals surface area contributed by atoms with Gasteiger partial charge in [0.1, 0.15) is 10.7 Å². The fraction of sp³-hybridized carbons (Fsp3) is 0.412. The molecule has 1 saturated heterocycles. The molecule has 0 bridgehead atoms. The van der Waals surface area contributed by atoms with E-state index in [0.29, 0.717) is 12.2 Å². The summed E-state index contributed by atoms with van der Waals surface area (Å²) in [6.45, 7) is 3.31. The largest absolute Gasteiger partial charge is 0.334 e. The molecule has 1 fully saturated rings. The van der Waals surface area contributed by atoms with Crippen molar-refractivity contribution in [2.24, 2.45) is 5.73 Å². The maximum absolute atomic E-state index is 12.7. The Balaban J connectivity index is 1.72. The van der Waals surface area contributed by atoms with Crippen molar-refractivity contribution >= 4 is 17.2 Å². The molecular weight excluding hydrogens is 294 g/mol. The van der Waals surface area contributed by atoms with E-state index >= 15 is 0 Å². The molecule has 1 aliphatic rings. The smallest absolute Gasteiger partial charge is 0.273 e. The van der Waals surface area contributed by atoms with Crippen LogP contribution in [-0.4, -0.2) is 28.4 Å². The lowest BCUT2D eigenvalue weighted by atomic mass is 10.0. The maximum atomic E-state index is 12.7. The molecule has 2 heterocycles. The van der Waals surface area contributed by atoms with Gasteiger partial charge in [-0.1, -0.05) is 29.8 Å². The molecule has 0 spiro atoms. The van der Waals surface area contributed by atoms with Crippen LogP contribution in [0.2, 0.25) is 0 Å². The highest BCUT2D eigenvalue weighted by Crippen LogP contribution is 2.24. The van der Waals surface area contributed by atoms with Crippen LogP contribution in [0.25, 0.3) is 0 Å². The van der Waals surface area contributed by atoms with Crippen molar-refractivity contribution in [2.45, 2.75) is 38.8 Å². The molecule has 2 aromatic rings. The summed E-state index contributed by atoms with van der Waals surface area (Å²) in [6.07, 6.45) is 3.05. The number of nitrogens with two attached hydrogens (primary N) is 1. The summed E-state index contributed by atoms with van der Waals surface area (Å²) in [5.74, 6) is 0.0468. The van der Waals surface area contributed by atoms with E-state index < -0.39 is 0 Å². The van der Waals surface area contributed by atoms with Crippen LogP contribution < -0.4 is 5.73 Å². The van der Waals surface area contributed by atoms with Gasteiger partial charge in [-0.25, -0.2) is 4.98 Å². The first-order valence-corrected chi connectivity index (χ1v) is 8.56. The summed E-state index contributed by atoms with van der Waals surface area (Å²) >= 11 is 1.46. The van der Waals surface area contributed by atoms with Crippen molar-refractivity contribution in [3.63, 3.8) is 0 Å². The van der Waals surface area contributed by atoms with E-state index in [1.54, 1.807) is 0 Å². The highest BCUT2D eigenvalue weighted by atomic mass is 32.1. The summed E-state index contributed by atoms with van der Waals surface area (Å²) in [7, 11) is 0. The number of carbonyl (C=O) groups excluding carboxylic acids is 1. The number of benzene rings is 1. The minimum absolute atomic E-state index is 0.0468. The van der Waals surface area contributed by atoms with Gasteiger partial charge in [0.05, 0.1) is 0 Å². The summed E-state index contributed by atoms with van der Waals surface area (Å²) in [4.78, 5) is 19.0. The fourth-order valence-electron chi connectivity index (χ4n) is 2.96. The van der Waals surface area contributed by atoms with Gasteiger partial charge in [-0.2, -0.15) is 0 Å². The van der Waals surface area contributed by atoms with Crippen molar-refractivity contribution in [1.29, 1.82) is 0 Å². The summed E-state index contributed by atoms with van der Waals surface area (Å²) < 4.78 is 0. The number of rotatable bonds is 4. The monoisotopic (exact) mass is 315 g/mol. The highest BCUT2D eigenvalue weighted by Gasteiger charge is 2.30. The van der Waals surface area contributed by atoms with Gasteiger partial charge in [0.25, 0.3) is 5.91 Å². The Morgan fingerprint density at radius 3 is 2.86 bits per heavy atom. The third kappa shape index (κ3) is 3.20. The zero-order valence-electron chi connectivity index (χ0n) is 12.8. The van der Waals surface area contributed by atoms with Crippen molar-refractivity contribution in [2.75, 3.05) is 6.54 Å². The maximum Gasteiger partial charge on any atom is 0.273 e. The first kappa shape index (κ1) is 15.2. The Kier molecular flexibility index (Phi) is 4.55. The number of aryl methyl sites for hydroxylation is 1. The van der Waals surface area contributed by atoms with E-state index in [4.69, 9.17) is 5.73 Å². The number of amides is 1. The van der Waals surface area contributed by atoms with Crippen molar-refractivity contribution < 1.29 is 4.79 Å². The molecule has 1 aromatic carbocycles. The second-order valence-corrected chi connectivity index (χ2v) is 6.76. The predicted octanol–water partition coefficient (Wildman–Crippen LogP) is 2.76. The highest BCUT2D eigenvalue weighted by molar-refractivity contribution is 7.09. The Hall–Kier alpha value is -1.72. The predicted molar refractivity (Wildman–Crippen MR) is 88.9 cm³/mol. The first-order chi connectivity index (χ1) is 10.7. The molecule has 22 heavy (non-hydrogen) atoms. The number of aromatic nitrogens is 1. The number of hydrogen-bond donors (Lipinski definition) is 1. The van der Waals surface area contributed by atoms with Gasteiger partial charge in [-0.15, -0.1) is 11.3 Å². The molecule has 0 radical (unpaired) electrons. The van der Waals surface area contributed by atoms with Crippen molar-refractivity contribution in [3.8, 4) is 0 Å². The number of carbonyl (C=O) groups is 1. The second-order valence-electron chi connectivity index (χ2n) is 5.81. The van der Waals surface area contributed by atoms with Gasteiger partial charge in [0.15, 0.2) is 0 Å². The molecular formula is C17H21N3OS. The molecule has 3 rings (SSSR count). The lowest BCUT2D eigenvalue weighted by Crippen LogP contribution is -2.37. The lowest BCUT2D eigenvalue weighted by molar-refractivity contribution is 0.0731. The molecule has 5 heteroatoms. The minimum atomic E-state index is 0.0468. The van der Waals surface area contributed by atoms with Crippen LogP contribution in [0.15, 0.2) is 29.6 Å². The van der Waals surface area contributed by atoms with Gasteiger partial charge in [0, 0.05) is 24.5 Å². The van der Waals surface area contributed by atoms with Gasteiger partial charge in [-0.3, -0.25) is 4.79 Å². The van der Waals surface area contributed by atoms with Crippen LogP contribution in [0.3, 0.4) is 0 Å². The van der Waals surface area contributed by atoms with Crippen LogP contribution in [-0.2, 0) is 13.0 Å². The van der Waals surface area contributed by atoms with Crippen LogP contribution in [0.1, 0.15) is 39.5 Å². The van der Waals surface area contributed by atoms with Gasteiger partial charge in [0.2, 0.25) is 0 Å². The molecule has 1 aromatic heterocycles. The van der Waals surface area contributed by atoms with E-state index in [0.717, 1.165) is 30.8 Å². The molecule has 2 N–H and O–H groups in total. The molecule has 4 nitrogen and oxygen atoms in total. The molecule has 0 saturated carbocycles. The molecule has 1 atom stereocenters. The molecule has 1 amide bonds. The topological polar surface area (TPSA) is 59.2 Å². The number of hydrogen-bond acceptors (Lipinski definition) is 4. The van der Waals surface area contributed by atoms with Crippen LogP contribution in [0.5, 0.6) is 0 Å². The van der Waals surface area contributed by atoms with Gasteiger partial charge < -0.3 is 10.6 Å². The third-order valence-electron chi connectivity index (χ3n) is 4.18. The molecule has 1 aliphatic heterocycles. The second kappa shape index (κ2) is 6.58. The zero-order chi connectivity index (χ0) is 15.5. The van der Waals surface area contributed by atoms with Crippen LogP contribution >= 0.6 is 11.3 Å². The Labute approximate surface area is 135 Å². The fourth-order valence-corrected chi connectivity index (χ4v) is 3.61. The number of nitrogens with zero attached hydrogens (tertiary/aromatic N) is 2. The summed E-state index contributed by atoms with van der Waals surface area (Å²) in [5, 5.41) is 2.64. The summed E-state index contributed by atoms with van der Waals surface area (Å²) in [5.41, 5.74) is 8.68. The average molecular weight is 315 g/mol. The summed E-state index contributed by atoms with van der Waals surface area (Å²) in [6, 6.07) is 8.85. The average Bonchev–Trinajstić information content (AvgIpc) is 3.18. The Morgan fingerprint density at radius 1 is 1.41 bits per heavy atom. The first-order valence-electron chi connectivity index (χ1n) is 7.68. The van der Waals surface area contributed by atoms with E-state index in [9.17, 15) is 4.79 Å². The SMILES string of the molecule is Cc1ccc(CC2CCCN2C(=O)c2csc(CN)n2)cc1. The Bertz CT molecular complexity index is 650. The molecule has 1 unspecified atom stereocenters. The number of likely N-dealkylation sites (tertiary alicyclic amines) is 1. The lowest BCUT2D eigenvalue weighted by Gasteiger charge is -2.24. The van der Waals surface area contributed by atoms with Crippen LogP contribution in [0, 0.1) is 6.92 Å². The van der Waals surface area contributed by atoms with Crippen molar-refractivity contribution in [1.82, 2.24) is 9.88 Å². The molecule has 116 valence electrons. The van der Waals surface area contributed by atoms with Gasteiger partial charge >= 0.3 is 0 Å².